The van der Waals surface area contributed by atoms with Crippen molar-refractivity contribution in [3.05, 3.63) is 70.6 Å². The fraction of sp³-hybridized carbons (Fsp3) is 0.118. The van der Waals surface area contributed by atoms with Gasteiger partial charge in [-0.1, -0.05) is 17.4 Å². The summed E-state index contributed by atoms with van der Waals surface area (Å²) in [6.07, 6.45) is 2.90. The van der Waals surface area contributed by atoms with Crippen LogP contribution in [0.25, 0.3) is 0 Å². The number of rotatable bonds is 4. The molecule has 9 heteroatoms. The topological polar surface area (TPSA) is 109 Å². The van der Waals surface area contributed by atoms with Crippen LogP contribution in [0.4, 0.5) is 5.13 Å². The Balaban J connectivity index is 1.88. The van der Waals surface area contributed by atoms with Crippen LogP contribution in [0.15, 0.2) is 58.5 Å². The molecule has 0 unspecified atom stereocenters. The van der Waals surface area contributed by atoms with Crippen molar-refractivity contribution in [2.75, 3.05) is 4.90 Å². The lowest BCUT2D eigenvalue weighted by Gasteiger charge is -2.22. The number of aryl methyl sites for hydroxylation is 1. The first-order chi connectivity index (χ1) is 12.6. The highest BCUT2D eigenvalue weighted by Gasteiger charge is 2.47. The first-order valence-corrected chi connectivity index (χ1v) is 8.45. The van der Waals surface area contributed by atoms with Crippen LogP contribution in [-0.2, 0) is 4.79 Å². The Morgan fingerprint density at radius 3 is 2.73 bits per heavy atom. The van der Waals surface area contributed by atoms with Crippen molar-refractivity contribution < 1.29 is 19.1 Å². The molecule has 0 saturated heterocycles. The van der Waals surface area contributed by atoms with Gasteiger partial charge in [-0.3, -0.25) is 19.5 Å². The Morgan fingerprint density at radius 2 is 2.12 bits per heavy atom. The van der Waals surface area contributed by atoms with E-state index in [0.717, 1.165) is 0 Å². The monoisotopic (exact) mass is 368 g/mol. The number of Topliss-reactive ketones (excluding diaryl/α,β-unsaturated/α-hetero) is 1. The van der Waals surface area contributed by atoms with Gasteiger partial charge in [0.05, 0.1) is 17.5 Å². The average molecular weight is 368 g/mol. The van der Waals surface area contributed by atoms with E-state index in [1.165, 1.54) is 28.6 Å². The fourth-order valence-electron chi connectivity index (χ4n) is 2.78. The van der Waals surface area contributed by atoms with Gasteiger partial charge >= 0.3 is 0 Å². The summed E-state index contributed by atoms with van der Waals surface area (Å²) < 4.78 is 5.15. The third kappa shape index (κ3) is 2.49. The van der Waals surface area contributed by atoms with Gasteiger partial charge < -0.3 is 9.52 Å². The van der Waals surface area contributed by atoms with Crippen molar-refractivity contribution in [1.82, 2.24) is 15.2 Å². The Hall–Kier alpha value is -3.33. The lowest BCUT2D eigenvalue weighted by atomic mass is 9.99. The molecule has 0 saturated carbocycles. The van der Waals surface area contributed by atoms with E-state index in [0.29, 0.717) is 10.7 Å². The number of carbonyl (C=O) groups is 2. The maximum Gasteiger partial charge on any atom is 0.296 e. The van der Waals surface area contributed by atoms with Crippen molar-refractivity contribution in [3.63, 3.8) is 0 Å². The first kappa shape index (κ1) is 16.2. The van der Waals surface area contributed by atoms with Crippen LogP contribution in [0, 0.1) is 6.92 Å². The molecule has 0 bridgehead atoms. The minimum absolute atomic E-state index is 0.0237. The minimum Gasteiger partial charge on any atom is -0.503 e. The number of hydrogen-bond acceptors (Lipinski definition) is 8. The maximum atomic E-state index is 12.9. The molecular weight excluding hydrogens is 356 g/mol. The molecule has 0 radical (unpaired) electrons. The van der Waals surface area contributed by atoms with Crippen LogP contribution in [0.5, 0.6) is 0 Å². The predicted octanol–water partition coefficient (Wildman–Crippen LogP) is 2.62. The van der Waals surface area contributed by atoms with E-state index >= 15 is 0 Å². The lowest BCUT2D eigenvalue weighted by molar-refractivity contribution is -0.117. The van der Waals surface area contributed by atoms with Gasteiger partial charge in [0.2, 0.25) is 10.9 Å². The fourth-order valence-corrected chi connectivity index (χ4v) is 3.49. The van der Waals surface area contributed by atoms with Crippen LogP contribution in [0.3, 0.4) is 0 Å². The molecule has 1 aliphatic rings. The number of pyridine rings is 1. The molecule has 0 fully saturated rings. The molecule has 1 aliphatic heterocycles. The number of hydrogen-bond donors (Lipinski definition) is 1. The molecule has 0 spiro atoms. The molecule has 1 atom stereocenters. The van der Waals surface area contributed by atoms with Crippen molar-refractivity contribution in [2.24, 2.45) is 0 Å². The van der Waals surface area contributed by atoms with Gasteiger partial charge in [-0.05, 0) is 31.2 Å². The summed E-state index contributed by atoms with van der Waals surface area (Å²) in [5.41, 5.74) is 0.323. The van der Waals surface area contributed by atoms with E-state index in [1.807, 2.05) is 0 Å². The SMILES string of the molecule is Cc1nnc(N2C(=O)C(O)=C(C(=O)c3ccco3)[C@@H]2c2ccccn2)s1. The molecule has 4 rings (SSSR count). The van der Waals surface area contributed by atoms with Crippen LogP contribution >= 0.6 is 11.3 Å². The summed E-state index contributed by atoms with van der Waals surface area (Å²) in [6.45, 7) is 1.75. The summed E-state index contributed by atoms with van der Waals surface area (Å²) >= 11 is 1.18. The van der Waals surface area contributed by atoms with E-state index < -0.39 is 23.5 Å². The molecule has 8 nitrogen and oxygen atoms in total. The summed E-state index contributed by atoms with van der Waals surface area (Å²) in [6, 6.07) is 7.24. The van der Waals surface area contributed by atoms with E-state index in [4.69, 9.17) is 4.42 Å². The lowest BCUT2D eigenvalue weighted by Crippen LogP contribution is -2.31. The standard InChI is InChI=1S/C17H12N4O4S/c1-9-19-20-17(26-9)21-13(10-5-2-3-7-18-10)12(15(23)16(21)24)14(22)11-6-4-8-25-11/h2-8,13,23H,1H3/t13-/m0/s1. The third-order valence-corrected chi connectivity index (χ3v) is 4.73. The summed E-state index contributed by atoms with van der Waals surface area (Å²) in [5.74, 6) is -1.93. The van der Waals surface area contributed by atoms with Crippen molar-refractivity contribution in [3.8, 4) is 0 Å². The van der Waals surface area contributed by atoms with E-state index in [2.05, 4.69) is 15.2 Å². The van der Waals surface area contributed by atoms with Crippen molar-refractivity contribution in [1.29, 1.82) is 0 Å². The molecular formula is C17H12N4O4S. The van der Waals surface area contributed by atoms with Crippen LogP contribution in [-0.4, -0.2) is 32.0 Å². The molecule has 1 amide bonds. The molecule has 0 aliphatic carbocycles. The zero-order valence-electron chi connectivity index (χ0n) is 13.5. The zero-order chi connectivity index (χ0) is 18.3. The van der Waals surface area contributed by atoms with Gasteiger partial charge in [-0.25, -0.2) is 0 Å². The predicted molar refractivity (Wildman–Crippen MR) is 91.8 cm³/mol. The Bertz CT molecular complexity index is 1010. The van der Waals surface area contributed by atoms with E-state index in [1.54, 1.807) is 37.4 Å². The number of nitrogens with zero attached hydrogens (tertiary/aromatic N) is 4. The van der Waals surface area contributed by atoms with Gasteiger partial charge in [0, 0.05) is 6.20 Å². The van der Waals surface area contributed by atoms with E-state index in [9.17, 15) is 14.7 Å². The largest absolute Gasteiger partial charge is 0.503 e. The van der Waals surface area contributed by atoms with Gasteiger partial charge in [-0.15, -0.1) is 10.2 Å². The van der Waals surface area contributed by atoms with Crippen molar-refractivity contribution >= 4 is 28.2 Å². The number of amides is 1. The molecule has 3 aromatic rings. The van der Waals surface area contributed by atoms with Gasteiger partial charge in [0.25, 0.3) is 5.91 Å². The minimum atomic E-state index is -0.923. The molecule has 26 heavy (non-hydrogen) atoms. The van der Waals surface area contributed by atoms with E-state index in [-0.39, 0.29) is 16.5 Å². The van der Waals surface area contributed by atoms with Crippen LogP contribution in [0.1, 0.15) is 27.3 Å². The third-order valence-electron chi connectivity index (χ3n) is 3.89. The zero-order valence-corrected chi connectivity index (χ0v) is 14.3. The number of carbonyl (C=O) groups excluding carboxylic acids is 2. The second-order valence-corrected chi connectivity index (χ2v) is 6.66. The summed E-state index contributed by atoms with van der Waals surface area (Å²) in [7, 11) is 0. The first-order valence-electron chi connectivity index (χ1n) is 7.64. The van der Waals surface area contributed by atoms with Gasteiger partial charge in [0.1, 0.15) is 11.0 Å². The summed E-state index contributed by atoms with van der Waals surface area (Å²) in [5, 5.41) is 19.3. The van der Waals surface area contributed by atoms with Crippen molar-refractivity contribution in [2.45, 2.75) is 13.0 Å². The molecule has 1 N–H and O–H groups in total. The van der Waals surface area contributed by atoms with Gasteiger partial charge in [-0.2, -0.15) is 0 Å². The Kier molecular flexibility index (Phi) is 3.85. The number of anilines is 1. The molecule has 3 aromatic heterocycles. The highest BCUT2D eigenvalue weighted by atomic mass is 32.1. The second kappa shape index (κ2) is 6.19. The molecule has 0 aromatic carbocycles. The second-order valence-electron chi connectivity index (χ2n) is 5.50. The number of aliphatic hydroxyl groups excluding tert-OH is 1. The van der Waals surface area contributed by atoms with Crippen LogP contribution in [0.2, 0.25) is 0 Å². The number of aromatic nitrogens is 3. The smallest absolute Gasteiger partial charge is 0.296 e. The molecule has 4 heterocycles. The Labute approximate surface area is 151 Å². The van der Waals surface area contributed by atoms with Crippen LogP contribution < -0.4 is 4.90 Å². The molecule has 130 valence electrons. The summed E-state index contributed by atoms with van der Waals surface area (Å²) in [4.78, 5) is 31.1. The number of ketones is 1. The quantitative estimate of drug-likeness (QED) is 0.705. The maximum absolute atomic E-state index is 12.9. The highest BCUT2D eigenvalue weighted by Crippen LogP contribution is 2.41. The number of aliphatic hydroxyl groups is 1. The average Bonchev–Trinajstić information content (AvgIpc) is 3.37. The highest BCUT2D eigenvalue weighted by molar-refractivity contribution is 7.15. The Morgan fingerprint density at radius 1 is 1.27 bits per heavy atom. The van der Waals surface area contributed by atoms with Gasteiger partial charge in [0.15, 0.2) is 11.5 Å². The number of furan rings is 1. The normalized spacial score (nSPS) is 17.2.